The third-order valence-electron chi connectivity index (χ3n) is 0.708. The van der Waals surface area contributed by atoms with E-state index in [2.05, 4.69) is 9.98 Å². The van der Waals surface area contributed by atoms with Crippen molar-refractivity contribution in [3.63, 3.8) is 0 Å². The Hall–Kier alpha value is -1.31. The molecule has 0 spiro atoms. The lowest BCUT2D eigenvalue weighted by Gasteiger charge is -1.94. The average Bonchev–Trinajstić information content (AvgIpc) is 1.97. The number of rotatable bonds is 4. The third-order valence-corrected chi connectivity index (χ3v) is 0.708. The van der Waals surface area contributed by atoms with Gasteiger partial charge in [-0.3, -0.25) is 0 Å². The Balaban J connectivity index is 3.52. The van der Waals surface area contributed by atoms with Crippen molar-refractivity contribution in [2.75, 3.05) is 13.1 Å². The van der Waals surface area contributed by atoms with Crippen LogP contribution >= 0.6 is 0 Å². The first kappa shape index (κ1) is 8.69. The van der Waals surface area contributed by atoms with E-state index in [1.54, 1.807) is 0 Å². The summed E-state index contributed by atoms with van der Waals surface area (Å²) >= 11 is 0. The lowest BCUT2D eigenvalue weighted by Crippen LogP contribution is -2.08. The van der Waals surface area contributed by atoms with Crippen LogP contribution in [0.2, 0.25) is 0 Å². The second-order valence-corrected chi connectivity index (χ2v) is 1.46. The van der Waals surface area contributed by atoms with E-state index < -0.39 is 6.17 Å². The number of hydrogen-bond donors (Lipinski definition) is 0. The number of nitrogens with zero attached hydrogens (tertiary/aromatic N) is 2. The predicted molar refractivity (Wildman–Crippen MR) is 30.9 cm³/mol. The van der Waals surface area contributed by atoms with E-state index in [-0.39, 0.29) is 13.1 Å². The van der Waals surface area contributed by atoms with Gasteiger partial charge in [0.05, 0.1) is 13.1 Å². The van der Waals surface area contributed by atoms with Crippen LogP contribution in [0.4, 0.5) is 4.39 Å². The maximum absolute atomic E-state index is 12.2. The molecule has 0 saturated carbocycles. The molecule has 4 nitrogen and oxygen atoms in total. The number of carbonyl (C=O) groups excluding carboxylic acids is 2. The van der Waals surface area contributed by atoms with Crippen LogP contribution in [0.25, 0.3) is 0 Å². The second-order valence-electron chi connectivity index (χ2n) is 1.46. The van der Waals surface area contributed by atoms with Crippen LogP contribution < -0.4 is 0 Å². The van der Waals surface area contributed by atoms with Gasteiger partial charge in [-0.25, -0.2) is 24.0 Å². The molecule has 0 aromatic rings. The smallest absolute Gasteiger partial charge is 0.235 e. The summed E-state index contributed by atoms with van der Waals surface area (Å²) < 4.78 is 12.2. The summed E-state index contributed by atoms with van der Waals surface area (Å²) in [7, 11) is 0. The molecule has 0 atom stereocenters. The van der Waals surface area contributed by atoms with Gasteiger partial charge in [0.2, 0.25) is 12.2 Å². The Bertz CT molecular complexity index is 162. The molecule has 0 saturated heterocycles. The molecule has 0 bridgehead atoms. The zero-order valence-electron chi connectivity index (χ0n) is 5.08. The maximum atomic E-state index is 12.2. The van der Waals surface area contributed by atoms with Crippen molar-refractivity contribution in [3.8, 4) is 0 Å². The first-order valence-electron chi connectivity index (χ1n) is 2.52. The molecule has 0 aliphatic carbocycles. The molecule has 5 heteroatoms. The molecular weight excluding hydrogens is 139 g/mol. The van der Waals surface area contributed by atoms with E-state index >= 15 is 0 Å². The van der Waals surface area contributed by atoms with Gasteiger partial charge in [-0.05, 0) is 0 Å². The van der Waals surface area contributed by atoms with E-state index in [1.165, 1.54) is 12.2 Å². The molecule has 0 amide bonds. The lowest BCUT2D eigenvalue weighted by atomic mass is 10.4. The van der Waals surface area contributed by atoms with Crippen LogP contribution in [0.1, 0.15) is 0 Å². The zero-order chi connectivity index (χ0) is 7.82. The normalized spacial score (nSPS) is 10.9. The van der Waals surface area contributed by atoms with Crippen LogP contribution in [0.5, 0.6) is 0 Å². The van der Waals surface area contributed by atoms with E-state index in [1.807, 2.05) is 0 Å². The van der Waals surface area contributed by atoms with Gasteiger partial charge in [-0.2, -0.15) is 0 Å². The van der Waals surface area contributed by atoms with Gasteiger partial charge in [0.15, 0.2) is 0 Å². The molecular formula is C5H5FN2O2. The number of halogens is 1. The van der Waals surface area contributed by atoms with Crippen LogP contribution in [-0.2, 0) is 9.59 Å². The van der Waals surface area contributed by atoms with Gasteiger partial charge in [-0.1, -0.05) is 0 Å². The quantitative estimate of drug-likeness (QED) is 0.411. The highest BCUT2D eigenvalue weighted by Gasteiger charge is 2.02. The highest BCUT2D eigenvalue weighted by Crippen LogP contribution is 1.90. The molecule has 10 heavy (non-hydrogen) atoms. The minimum atomic E-state index is -1.39. The van der Waals surface area contributed by atoms with Crippen molar-refractivity contribution in [3.05, 3.63) is 0 Å². The van der Waals surface area contributed by atoms with Crippen molar-refractivity contribution in [1.29, 1.82) is 0 Å². The molecule has 0 aromatic heterocycles. The van der Waals surface area contributed by atoms with Gasteiger partial charge in [0.25, 0.3) is 0 Å². The summed E-state index contributed by atoms with van der Waals surface area (Å²) in [6, 6.07) is 0. The summed E-state index contributed by atoms with van der Waals surface area (Å²) in [5, 5.41) is 0. The topological polar surface area (TPSA) is 58.9 Å². The molecule has 0 fully saturated rings. The van der Waals surface area contributed by atoms with Crippen LogP contribution in [0.3, 0.4) is 0 Å². The van der Waals surface area contributed by atoms with Crippen molar-refractivity contribution < 1.29 is 14.0 Å². The Morgan fingerprint density at radius 2 is 1.60 bits per heavy atom. The van der Waals surface area contributed by atoms with Gasteiger partial charge >= 0.3 is 0 Å². The first-order chi connectivity index (χ1) is 4.81. The highest BCUT2D eigenvalue weighted by molar-refractivity contribution is 5.33. The fourth-order valence-corrected chi connectivity index (χ4v) is 0.330. The Morgan fingerprint density at radius 3 is 1.90 bits per heavy atom. The van der Waals surface area contributed by atoms with Crippen molar-refractivity contribution >= 4 is 12.2 Å². The summed E-state index contributed by atoms with van der Waals surface area (Å²) in [6.07, 6.45) is 0.953. The molecule has 0 heterocycles. The summed E-state index contributed by atoms with van der Waals surface area (Å²) in [4.78, 5) is 24.7. The summed E-state index contributed by atoms with van der Waals surface area (Å²) in [5.41, 5.74) is 0. The largest absolute Gasteiger partial charge is 0.243 e. The third kappa shape index (κ3) is 4.84. The van der Waals surface area contributed by atoms with Gasteiger partial charge in [-0.15, -0.1) is 0 Å². The van der Waals surface area contributed by atoms with Gasteiger partial charge < -0.3 is 0 Å². The predicted octanol–water partition coefficient (Wildman–Crippen LogP) is -0.00390. The lowest BCUT2D eigenvalue weighted by molar-refractivity contribution is 0.350. The second kappa shape index (κ2) is 5.82. The number of alkyl halides is 1. The highest BCUT2D eigenvalue weighted by atomic mass is 19.1. The first-order valence-corrected chi connectivity index (χ1v) is 2.52. The molecule has 0 unspecified atom stereocenters. The standard InChI is InChI=1S/C5H5FN2O2/c6-5(1-7-3-9)2-8-4-10/h5H,1-2H2. The van der Waals surface area contributed by atoms with E-state index in [0.29, 0.717) is 0 Å². The van der Waals surface area contributed by atoms with Crippen molar-refractivity contribution in [2.24, 2.45) is 9.98 Å². The van der Waals surface area contributed by atoms with Crippen molar-refractivity contribution in [1.82, 2.24) is 0 Å². The van der Waals surface area contributed by atoms with Crippen LogP contribution in [0.15, 0.2) is 9.98 Å². The fraction of sp³-hybridized carbons (Fsp3) is 0.600. The Morgan fingerprint density at radius 1 is 1.20 bits per heavy atom. The molecule has 0 radical (unpaired) electrons. The van der Waals surface area contributed by atoms with Gasteiger partial charge in [0, 0.05) is 0 Å². The number of aliphatic imine (C=N–C) groups is 2. The van der Waals surface area contributed by atoms with E-state index in [9.17, 15) is 14.0 Å². The molecule has 0 aromatic carbocycles. The zero-order valence-corrected chi connectivity index (χ0v) is 5.08. The Labute approximate surface area is 56.5 Å². The number of hydrogen-bond acceptors (Lipinski definition) is 4. The molecule has 54 valence electrons. The number of isocyanates is 2. The molecule has 0 N–H and O–H groups in total. The van der Waals surface area contributed by atoms with Crippen molar-refractivity contribution in [2.45, 2.75) is 6.17 Å². The fourth-order valence-electron chi connectivity index (χ4n) is 0.330. The summed E-state index contributed by atoms with van der Waals surface area (Å²) in [6.45, 7) is -0.594. The monoisotopic (exact) mass is 144 g/mol. The summed E-state index contributed by atoms with van der Waals surface area (Å²) in [5.74, 6) is 0. The average molecular weight is 144 g/mol. The van der Waals surface area contributed by atoms with Crippen LogP contribution in [0, 0.1) is 0 Å². The molecule has 0 rings (SSSR count). The van der Waals surface area contributed by atoms with Crippen LogP contribution in [-0.4, -0.2) is 31.4 Å². The minimum Gasteiger partial charge on any atom is -0.243 e. The Kier molecular flexibility index (Phi) is 5.06. The minimum absolute atomic E-state index is 0.297. The van der Waals surface area contributed by atoms with E-state index in [4.69, 9.17) is 0 Å². The van der Waals surface area contributed by atoms with Gasteiger partial charge in [0.1, 0.15) is 6.17 Å². The SMILES string of the molecule is O=C=NCC(F)CN=C=O. The maximum Gasteiger partial charge on any atom is 0.235 e. The van der Waals surface area contributed by atoms with E-state index in [0.717, 1.165) is 0 Å². The molecule has 0 aliphatic heterocycles. The molecule has 0 aliphatic rings.